The van der Waals surface area contributed by atoms with E-state index < -0.39 is 21.9 Å². The fourth-order valence-electron chi connectivity index (χ4n) is 2.71. The Morgan fingerprint density at radius 3 is 2.37 bits per heavy atom. The van der Waals surface area contributed by atoms with Crippen molar-refractivity contribution in [3.63, 3.8) is 0 Å². The quantitative estimate of drug-likeness (QED) is 0.660. The standard InChI is InChI=1S/C19H18FN3O3S/c1-13(24)14-7-9-15(10-8-14)27(25,26)22-18(19-21-11-12-23(19)2)16-5-3-4-6-17(16)20/h3-12,18,22H,1-2H3. The van der Waals surface area contributed by atoms with E-state index in [4.69, 9.17) is 0 Å². The number of carbonyl (C=O) groups is 1. The number of benzene rings is 2. The third-order valence-electron chi connectivity index (χ3n) is 4.18. The Kier molecular flexibility index (Phi) is 5.20. The van der Waals surface area contributed by atoms with Crippen LogP contribution in [-0.4, -0.2) is 23.8 Å². The number of aromatic nitrogens is 2. The van der Waals surface area contributed by atoms with Gasteiger partial charge in [0.05, 0.1) is 4.90 Å². The first kappa shape index (κ1) is 18.9. The number of hydrogen-bond donors (Lipinski definition) is 1. The fraction of sp³-hybridized carbons (Fsp3) is 0.158. The molecule has 1 N–H and O–H groups in total. The highest BCUT2D eigenvalue weighted by Gasteiger charge is 2.27. The monoisotopic (exact) mass is 387 g/mol. The fourth-order valence-corrected chi connectivity index (χ4v) is 3.88. The number of carbonyl (C=O) groups excluding carboxylic acids is 1. The lowest BCUT2D eigenvalue weighted by molar-refractivity contribution is 0.101. The van der Waals surface area contributed by atoms with Gasteiger partial charge in [-0.1, -0.05) is 30.3 Å². The number of aryl methyl sites for hydroxylation is 1. The van der Waals surface area contributed by atoms with Crippen molar-refractivity contribution in [2.45, 2.75) is 17.9 Å². The molecule has 1 heterocycles. The predicted molar refractivity (Wildman–Crippen MR) is 98.2 cm³/mol. The molecular weight excluding hydrogens is 369 g/mol. The van der Waals surface area contributed by atoms with Gasteiger partial charge >= 0.3 is 0 Å². The van der Waals surface area contributed by atoms with E-state index in [0.29, 0.717) is 11.4 Å². The van der Waals surface area contributed by atoms with E-state index in [0.717, 1.165) is 0 Å². The molecule has 0 amide bonds. The summed E-state index contributed by atoms with van der Waals surface area (Å²) >= 11 is 0. The lowest BCUT2D eigenvalue weighted by Gasteiger charge is -2.20. The van der Waals surface area contributed by atoms with Crippen molar-refractivity contribution in [2.24, 2.45) is 7.05 Å². The topological polar surface area (TPSA) is 81.1 Å². The molecule has 1 aromatic heterocycles. The highest BCUT2D eigenvalue weighted by Crippen LogP contribution is 2.25. The zero-order valence-electron chi connectivity index (χ0n) is 14.8. The maximum Gasteiger partial charge on any atom is 0.241 e. The van der Waals surface area contributed by atoms with Gasteiger partial charge in [-0.05, 0) is 25.1 Å². The van der Waals surface area contributed by atoms with E-state index >= 15 is 0 Å². The van der Waals surface area contributed by atoms with Gasteiger partial charge in [0, 0.05) is 30.6 Å². The van der Waals surface area contributed by atoms with Crippen molar-refractivity contribution >= 4 is 15.8 Å². The Bertz CT molecular complexity index is 1080. The Morgan fingerprint density at radius 1 is 1.15 bits per heavy atom. The zero-order chi connectivity index (χ0) is 19.6. The van der Waals surface area contributed by atoms with Crippen LogP contribution in [0.25, 0.3) is 0 Å². The van der Waals surface area contributed by atoms with E-state index in [1.54, 1.807) is 23.9 Å². The van der Waals surface area contributed by atoms with Crippen LogP contribution in [0.15, 0.2) is 65.8 Å². The first-order valence-electron chi connectivity index (χ1n) is 8.14. The van der Waals surface area contributed by atoms with Crippen LogP contribution in [0.3, 0.4) is 0 Å². The van der Waals surface area contributed by atoms with E-state index in [1.807, 2.05) is 0 Å². The van der Waals surface area contributed by atoms with Crippen LogP contribution < -0.4 is 4.72 Å². The minimum Gasteiger partial charge on any atom is -0.336 e. The van der Waals surface area contributed by atoms with E-state index in [-0.39, 0.29) is 16.2 Å². The van der Waals surface area contributed by atoms with Crippen LogP contribution in [0.5, 0.6) is 0 Å². The van der Waals surface area contributed by atoms with Gasteiger partial charge in [0.25, 0.3) is 0 Å². The molecule has 0 aliphatic heterocycles. The minimum atomic E-state index is -3.99. The molecule has 27 heavy (non-hydrogen) atoms. The number of nitrogens with one attached hydrogen (secondary N) is 1. The van der Waals surface area contributed by atoms with Crippen LogP contribution >= 0.6 is 0 Å². The highest BCUT2D eigenvalue weighted by atomic mass is 32.2. The highest BCUT2D eigenvalue weighted by molar-refractivity contribution is 7.89. The Hall–Kier alpha value is -2.84. The Balaban J connectivity index is 2.02. The number of rotatable bonds is 6. The van der Waals surface area contributed by atoms with Crippen molar-refractivity contribution in [2.75, 3.05) is 0 Å². The molecule has 0 saturated carbocycles. The maximum atomic E-state index is 14.4. The summed E-state index contributed by atoms with van der Waals surface area (Å²) in [7, 11) is -2.29. The van der Waals surface area contributed by atoms with E-state index in [9.17, 15) is 17.6 Å². The van der Waals surface area contributed by atoms with Gasteiger partial charge in [-0.25, -0.2) is 17.8 Å². The van der Waals surface area contributed by atoms with Crippen molar-refractivity contribution in [3.8, 4) is 0 Å². The normalized spacial score (nSPS) is 12.7. The molecule has 0 saturated heterocycles. The third-order valence-corrected chi connectivity index (χ3v) is 5.62. The molecule has 2 aromatic carbocycles. The summed E-state index contributed by atoms with van der Waals surface area (Å²) < 4.78 is 44.2. The molecular formula is C19H18FN3O3S. The molecule has 140 valence electrons. The van der Waals surface area contributed by atoms with Crippen LogP contribution in [0.1, 0.15) is 34.7 Å². The summed E-state index contributed by atoms with van der Waals surface area (Å²) in [6.45, 7) is 1.40. The average molecular weight is 387 g/mol. The molecule has 8 heteroatoms. The number of nitrogens with zero attached hydrogens (tertiary/aromatic N) is 2. The number of halogens is 1. The lowest BCUT2D eigenvalue weighted by atomic mass is 10.1. The second-order valence-electron chi connectivity index (χ2n) is 6.05. The molecule has 1 atom stereocenters. The molecule has 6 nitrogen and oxygen atoms in total. The summed E-state index contributed by atoms with van der Waals surface area (Å²) in [6, 6.07) is 10.5. The molecule has 3 aromatic rings. The van der Waals surface area contributed by atoms with Crippen molar-refractivity contribution in [3.05, 3.63) is 83.7 Å². The first-order valence-corrected chi connectivity index (χ1v) is 9.63. The predicted octanol–water partition coefficient (Wildman–Crippen LogP) is 2.83. The molecule has 0 spiro atoms. The van der Waals surface area contributed by atoms with Gasteiger partial charge in [-0.15, -0.1) is 0 Å². The van der Waals surface area contributed by atoms with Gasteiger partial charge in [0.15, 0.2) is 5.78 Å². The van der Waals surface area contributed by atoms with E-state index in [1.165, 1.54) is 55.6 Å². The van der Waals surface area contributed by atoms with Gasteiger partial charge < -0.3 is 4.57 Å². The SMILES string of the molecule is CC(=O)c1ccc(S(=O)(=O)NC(c2ccccc2F)c2nccn2C)cc1. The largest absolute Gasteiger partial charge is 0.336 e. The van der Waals surface area contributed by atoms with Gasteiger partial charge in [0.2, 0.25) is 10.0 Å². The smallest absolute Gasteiger partial charge is 0.241 e. The second-order valence-corrected chi connectivity index (χ2v) is 7.77. The third kappa shape index (κ3) is 3.96. The molecule has 0 radical (unpaired) electrons. The minimum absolute atomic E-state index is 0.0250. The number of ketones is 1. The Morgan fingerprint density at radius 2 is 1.81 bits per heavy atom. The lowest BCUT2D eigenvalue weighted by Crippen LogP contribution is -2.31. The van der Waals surface area contributed by atoms with Crippen molar-refractivity contribution in [1.82, 2.24) is 14.3 Å². The number of imidazole rings is 1. The van der Waals surface area contributed by atoms with Gasteiger partial charge in [0.1, 0.15) is 17.7 Å². The summed E-state index contributed by atoms with van der Waals surface area (Å²) in [4.78, 5) is 15.5. The second kappa shape index (κ2) is 7.42. The van der Waals surface area contributed by atoms with Gasteiger partial charge in [-0.2, -0.15) is 4.72 Å². The van der Waals surface area contributed by atoms with Gasteiger partial charge in [-0.3, -0.25) is 4.79 Å². The summed E-state index contributed by atoms with van der Waals surface area (Å²) in [5.41, 5.74) is 0.569. The summed E-state index contributed by atoms with van der Waals surface area (Å²) in [5, 5.41) is 0. The first-order chi connectivity index (χ1) is 12.8. The number of Topliss-reactive ketones (excluding diaryl/α,β-unsaturated/α-hetero) is 1. The van der Waals surface area contributed by atoms with Crippen LogP contribution in [0.2, 0.25) is 0 Å². The molecule has 0 bridgehead atoms. The molecule has 0 aliphatic rings. The van der Waals surface area contributed by atoms with Crippen LogP contribution in [-0.2, 0) is 17.1 Å². The zero-order valence-corrected chi connectivity index (χ0v) is 15.6. The molecule has 3 rings (SSSR count). The van der Waals surface area contributed by atoms with Crippen molar-refractivity contribution < 1.29 is 17.6 Å². The molecule has 1 unspecified atom stereocenters. The summed E-state index contributed by atoms with van der Waals surface area (Å²) in [5.74, 6) is -0.353. The molecule has 0 aliphatic carbocycles. The van der Waals surface area contributed by atoms with Crippen LogP contribution in [0, 0.1) is 5.82 Å². The number of sulfonamides is 1. The maximum absolute atomic E-state index is 14.4. The molecule has 0 fully saturated rings. The average Bonchev–Trinajstić information content (AvgIpc) is 3.06. The number of hydrogen-bond acceptors (Lipinski definition) is 4. The van der Waals surface area contributed by atoms with E-state index in [2.05, 4.69) is 9.71 Å². The Labute approximate surface area is 156 Å². The summed E-state index contributed by atoms with van der Waals surface area (Å²) in [6.07, 6.45) is 3.16. The van der Waals surface area contributed by atoms with Crippen LogP contribution in [0.4, 0.5) is 4.39 Å². The van der Waals surface area contributed by atoms with Crippen molar-refractivity contribution in [1.29, 1.82) is 0 Å².